The molecule has 67 valence electrons. The summed E-state index contributed by atoms with van der Waals surface area (Å²) in [5, 5.41) is 9.52. The van der Waals surface area contributed by atoms with Gasteiger partial charge in [-0.2, -0.15) is 0 Å². The van der Waals surface area contributed by atoms with Crippen molar-refractivity contribution in [1.29, 1.82) is 0 Å². The third kappa shape index (κ3) is 5.25. The molecule has 0 aromatic heterocycles. The molecule has 0 aliphatic rings. The van der Waals surface area contributed by atoms with Crippen LogP contribution >= 0.6 is 0 Å². The Kier molecular flexibility index (Phi) is 6.63. The highest BCUT2D eigenvalue weighted by molar-refractivity contribution is 4.69. The van der Waals surface area contributed by atoms with E-state index in [9.17, 15) is 5.11 Å². The third-order valence-corrected chi connectivity index (χ3v) is 2.06. The molecule has 2 unspecified atom stereocenters. The molecule has 0 amide bonds. The standard InChI is InChI=1S/C10H21O/c1-4-6-8-10(11)9(3)7-5-2/h9-11H,3-8H2,1-2H3. The van der Waals surface area contributed by atoms with Crippen LogP contribution in [-0.2, 0) is 0 Å². The fourth-order valence-electron chi connectivity index (χ4n) is 1.21. The number of hydrogen-bond acceptors (Lipinski definition) is 1. The van der Waals surface area contributed by atoms with Gasteiger partial charge >= 0.3 is 0 Å². The van der Waals surface area contributed by atoms with E-state index in [1.165, 1.54) is 0 Å². The van der Waals surface area contributed by atoms with Crippen LogP contribution in [-0.4, -0.2) is 11.2 Å². The highest BCUT2D eigenvalue weighted by Crippen LogP contribution is 2.14. The van der Waals surface area contributed by atoms with E-state index in [0.717, 1.165) is 32.1 Å². The number of rotatable bonds is 6. The first-order valence-corrected chi connectivity index (χ1v) is 4.73. The Hall–Kier alpha value is -0.0400. The lowest BCUT2D eigenvalue weighted by molar-refractivity contribution is 0.112. The minimum atomic E-state index is -0.171. The summed E-state index contributed by atoms with van der Waals surface area (Å²) in [6.07, 6.45) is 5.20. The minimum absolute atomic E-state index is 0.171. The van der Waals surface area contributed by atoms with Crippen LogP contribution in [0, 0.1) is 12.8 Å². The number of aliphatic hydroxyl groups is 1. The topological polar surface area (TPSA) is 20.2 Å². The Morgan fingerprint density at radius 1 is 1.18 bits per heavy atom. The summed E-state index contributed by atoms with van der Waals surface area (Å²) in [6.45, 7) is 8.20. The first-order valence-electron chi connectivity index (χ1n) is 4.73. The molecule has 11 heavy (non-hydrogen) atoms. The van der Waals surface area contributed by atoms with Crippen LogP contribution in [0.4, 0.5) is 0 Å². The summed E-state index contributed by atoms with van der Waals surface area (Å²) in [7, 11) is 0. The summed E-state index contributed by atoms with van der Waals surface area (Å²) in [5.41, 5.74) is 0. The van der Waals surface area contributed by atoms with Crippen molar-refractivity contribution in [3.8, 4) is 0 Å². The van der Waals surface area contributed by atoms with E-state index in [1.54, 1.807) is 0 Å². The largest absolute Gasteiger partial charge is 0.393 e. The van der Waals surface area contributed by atoms with Gasteiger partial charge in [-0.05, 0) is 25.7 Å². The summed E-state index contributed by atoms with van der Waals surface area (Å²) in [5.74, 6) is 0.242. The second kappa shape index (κ2) is 6.66. The molecule has 0 aromatic rings. The fraction of sp³-hybridized carbons (Fsp3) is 0.900. The normalized spacial score (nSPS) is 16.4. The molecule has 0 fully saturated rings. The zero-order valence-corrected chi connectivity index (χ0v) is 7.84. The molecule has 2 atom stereocenters. The van der Waals surface area contributed by atoms with Gasteiger partial charge in [-0.1, -0.05) is 33.1 Å². The lowest BCUT2D eigenvalue weighted by Crippen LogP contribution is -2.17. The summed E-state index contributed by atoms with van der Waals surface area (Å²) in [6, 6.07) is 0. The van der Waals surface area contributed by atoms with Crippen molar-refractivity contribution in [1.82, 2.24) is 0 Å². The van der Waals surface area contributed by atoms with E-state index in [2.05, 4.69) is 20.8 Å². The first-order chi connectivity index (χ1) is 5.22. The van der Waals surface area contributed by atoms with Crippen LogP contribution in [0.15, 0.2) is 0 Å². The van der Waals surface area contributed by atoms with E-state index in [-0.39, 0.29) is 12.0 Å². The van der Waals surface area contributed by atoms with Crippen LogP contribution in [0.1, 0.15) is 46.0 Å². The maximum Gasteiger partial charge on any atom is 0.0568 e. The average molecular weight is 157 g/mol. The molecule has 1 heteroatoms. The van der Waals surface area contributed by atoms with Crippen LogP contribution in [0.25, 0.3) is 0 Å². The van der Waals surface area contributed by atoms with Crippen LogP contribution in [0.3, 0.4) is 0 Å². The maximum absolute atomic E-state index is 9.52. The Morgan fingerprint density at radius 3 is 2.27 bits per heavy atom. The van der Waals surface area contributed by atoms with Gasteiger partial charge < -0.3 is 5.11 Å². The molecule has 0 saturated heterocycles. The molecule has 0 saturated carbocycles. The second-order valence-electron chi connectivity index (χ2n) is 3.26. The minimum Gasteiger partial charge on any atom is -0.393 e. The van der Waals surface area contributed by atoms with Gasteiger partial charge in [0.15, 0.2) is 0 Å². The summed E-state index contributed by atoms with van der Waals surface area (Å²) in [4.78, 5) is 0. The predicted octanol–water partition coefficient (Wildman–Crippen LogP) is 2.79. The van der Waals surface area contributed by atoms with Gasteiger partial charge in [-0.3, -0.25) is 0 Å². The van der Waals surface area contributed by atoms with E-state index < -0.39 is 0 Å². The molecular weight excluding hydrogens is 136 g/mol. The molecular formula is C10H21O. The number of hydrogen-bond donors (Lipinski definition) is 1. The molecule has 0 aliphatic carbocycles. The third-order valence-electron chi connectivity index (χ3n) is 2.06. The van der Waals surface area contributed by atoms with Gasteiger partial charge in [-0.25, -0.2) is 0 Å². The van der Waals surface area contributed by atoms with Crippen molar-refractivity contribution in [2.45, 2.75) is 52.1 Å². The highest BCUT2D eigenvalue weighted by Gasteiger charge is 2.11. The predicted molar refractivity (Wildman–Crippen MR) is 49.3 cm³/mol. The summed E-state index contributed by atoms with van der Waals surface area (Å²) >= 11 is 0. The lowest BCUT2D eigenvalue weighted by Gasteiger charge is -2.17. The van der Waals surface area contributed by atoms with Gasteiger partial charge in [0.2, 0.25) is 0 Å². The highest BCUT2D eigenvalue weighted by atomic mass is 16.3. The van der Waals surface area contributed by atoms with E-state index in [1.807, 2.05) is 0 Å². The number of aliphatic hydroxyl groups excluding tert-OH is 1. The second-order valence-corrected chi connectivity index (χ2v) is 3.26. The Bertz CT molecular complexity index is 80.9. The lowest BCUT2D eigenvalue weighted by atomic mass is 9.95. The van der Waals surface area contributed by atoms with Crippen LogP contribution in [0.5, 0.6) is 0 Å². The van der Waals surface area contributed by atoms with Crippen molar-refractivity contribution >= 4 is 0 Å². The van der Waals surface area contributed by atoms with E-state index in [0.29, 0.717) is 0 Å². The molecule has 0 aliphatic heterocycles. The molecule has 1 radical (unpaired) electrons. The van der Waals surface area contributed by atoms with Gasteiger partial charge in [0.05, 0.1) is 6.10 Å². The van der Waals surface area contributed by atoms with Crippen molar-refractivity contribution in [3.05, 3.63) is 6.92 Å². The zero-order chi connectivity index (χ0) is 8.69. The van der Waals surface area contributed by atoms with Gasteiger partial charge in [0, 0.05) is 0 Å². The van der Waals surface area contributed by atoms with Gasteiger partial charge in [0.25, 0.3) is 0 Å². The molecule has 0 rings (SSSR count). The van der Waals surface area contributed by atoms with Gasteiger partial charge in [-0.15, -0.1) is 0 Å². The van der Waals surface area contributed by atoms with Gasteiger partial charge in [0.1, 0.15) is 0 Å². The van der Waals surface area contributed by atoms with Crippen molar-refractivity contribution in [3.63, 3.8) is 0 Å². The number of unbranched alkanes of at least 4 members (excludes halogenated alkanes) is 1. The van der Waals surface area contributed by atoms with E-state index in [4.69, 9.17) is 0 Å². The Morgan fingerprint density at radius 2 is 1.82 bits per heavy atom. The van der Waals surface area contributed by atoms with Crippen molar-refractivity contribution < 1.29 is 5.11 Å². The van der Waals surface area contributed by atoms with Crippen LogP contribution < -0.4 is 0 Å². The Labute approximate surface area is 70.8 Å². The monoisotopic (exact) mass is 157 g/mol. The fourth-order valence-corrected chi connectivity index (χ4v) is 1.21. The Balaban J connectivity index is 3.38. The molecule has 0 spiro atoms. The van der Waals surface area contributed by atoms with Crippen molar-refractivity contribution in [2.75, 3.05) is 0 Å². The van der Waals surface area contributed by atoms with Crippen molar-refractivity contribution in [2.24, 2.45) is 5.92 Å². The molecule has 0 aromatic carbocycles. The maximum atomic E-state index is 9.52. The average Bonchev–Trinajstić information content (AvgIpc) is 2.00. The molecule has 0 bridgehead atoms. The smallest absolute Gasteiger partial charge is 0.0568 e. The SMILES string of the molecule is [CH2]C(CCC)C(O)CCCC. The molecule has 1 N–H and O–H groups in total. The summed E-state index contributed by atoms with van der Waals surface area (Å²) < 4.78 is 0. The quantitative estimate of drug-likeness (QED) is 0.628. The molecule has 0 heterocycles. The van der Waals surface area contributed by atoms with Crippen LogP contribution in [0.2, 0.25) is 0 Å². The van der Waals surface area contributed by atoms with E-state index >= 15 is 0 Å². The first kappa shape index (κ1) is 11.0. The zero-order valence-electron chi connectivity index (χ0n) is 7.84. The molecule has 1 nitrogen and oxygen atoms in total.